The number of nitrogens with zero attached hydrogens (tertiary/aromatic N) is 1. The Labute approximate surface area is 118 Å². The van der Waals surface area contributed by atoms with Crippen molar-refractivity contribution < 1.29 is 17.9 Å². The molecule has 1 aliphatic heterocycles. The summed E-state index contributed by atoms with van der Waals surface area (Å²) in [5.74, 6) is -0.116. The Kier molecular flexibility index (Phi) is 4.40. The fraction of sp³-hybridized carbons (Fsp3) is 0.538. The van der Waals surface area contributed by atoms with Crippen molar-refractivity contribution in [1.82, 2.24) is 4.90 Å². The van der Waals surface area contributed by atoms with Gasteiger partial charge in [-0.25, -0.2) is 0 Å². The first-order chi connectivity index (χ1) is 8.85. The molecule has 0 amide bonds. The van der Waals surface area contributed by atoms with Crippen molar-refractivity contribution in [1.29, 1.82) is 0 Å². The van der Waals surface area contributed by atoms with Crippen LogP contribution >= 0.6 is 15.9 Å². The predicted molar refractivity (Wildman–Crippen MR) is 69.9 cm³/mol. The molecule has 1 saturated heterocycles. The van der Waals surface area contributed by atoms with Crippen molar-refractivity contribution in [2.45, 2.75) is 38.7 Å². The summed E-state index contributed by atoms with van der Waals surface area (Å²) in [5, 5.41) is 0. The minimum absolute atomic E-state index is 0.116. The maximum atomic E-state index is 12.4. The Balaban J connectivity index is 2.19. The highest BCUT2D eigenvalue weighted by molar-refractivity contribution is 9.10. The van der Waals surface area contributed by atoms with Crippen LogP contribution in [0.3, 0.4) is 0 Å². The van der Waals surface area contributed by atoms with Crippen LogP contribution < -0.4 is 4.74 Å². The molecule has 0 saturated carbocycles. The average Bonchev–Trinajstić information content (AvgIpc) is 2.67. The van der Waals surface area contributed by atoms with Gasteiger partial charge < -0.3 is 4.74 Å². The van der Waals surface area contributed by atoms with E-state index in [2.05, 4.69) is 32.5 Å². The number of likely N-dealkylation sites (tertiary alicyclic amines) is 1. The molecule has 0 radical (unpaired) electrons. The van der Waals surface area contributed by atoms with Gasteiger partial charge in [0.25, 0.3) is 0 Å². The summed E-state index contributed by atoms with van der Waals surface area (Å²) in [5.41, 5.74) is 0.556. The van der Waals surface area contributed by atoms with Crippen LogP contribution in [0.4, 0.5) is 13.2 Å². The molecule has 1 aliphatic rings. The summed E-state index contributed by atoms with van der Waals surface area (Å²) in [4.78, 5) is 2.17. The number of halogens is 4. The number of hydrogen-bond donors (Lipinski definition) is 0. The lowest BCUT2D eigenvalue weighted by molar-refractivity contribution is -0.275. The van der Waals surface area contributed by atoms with E-state index in [0.29, 0.717) is 18.2 Å². The molecule has 1 unspecified atom stereocenters. The van der Waals surface area contributed by atoms with Crippen LogP contribution in [0, 0.1) is 0 Å². The Bertz CT molecular complexity index is 450. The Morgan fingerprint density at radius 2 is 2.16 bits per heavy atom. The predicted octanol–water partition coefficient (Wildman–Crippen LogP) is 4.33. The molecule has 106 valence electrons. The standard InChI is InChI=1S/C13H15BrF3NO/c1-9-3-2-6-18(9)8-10-7-11(14)4-5-12(10)19-13(15,16)17/h4-5,7,9H,2-3,6,8H2,1H3. The van der Waals surface area contributed by atoms with Crippen molar-refractivity contribution in [2.24, 2.45) is 0 Å². The molecule has 1 atom stereocenters. The van der Waals surface area contributed by atoms with E-state index in [9.17, 15) is 13.2 Å². The van der Waals surface area contributed by atoms with Gasteiger partial charge in [-0.05, 0) is 44.5 Å². The molecule has 1 fully saturated rings. The van der Waals surface area contributed by atoms with Gasteiger partial charge in [-0.1, -0.05) is 15.9 Å². The fourth-order valence-electron chi connectivity index (χ4n) is 2.34. The summed E-state index contributed by atoms with van der Waals surface area (Å²) >= 11 is 3.29. The Hall–Kier alpha value is -0.750. The molecule has 2 rings (SSSR count). The molecule has 1 aromatic rings. The lowest BCUT2D eigenvalue weighted by Crippen LogP contribution is -2.27. The molecule has 2 nitrogen and oxygen atoms in total. The van der Waals surface area contributed by atoms with Crippen LogP contribution in [0.1, 0.15) is 25.3 Å². The van der Waals surface area contributed by atoms with E-state index in [1.165, 1.54) is 6.07 Å². The first-order valence-electron chi connectivity index (χ1n) is 6.13. The zero-order valence-electron chi connectivity index (χ0n) is 10.5. The lowest BCUT2D eigenvalue weighted by atomic mass is 10.1. The van der Waals surface area contributed by atoms with Crippen LogP contribution in [0.2, 0.25) is 0 Å². The summed E-state index contributed by atoms with van der Waals surface area (Å²) < 4.78 is 41.9. The average molecular weight is 338 g/mol. The number of rotatable bonds is 3. The molecule has 6 heteroatoms. The van der Waals surface area contributed by atoms with Gasteiger partial charge in [0.2, 0.25) is 0 Å². The molecule has 0 bridgehead atoms. The number of alkyl halides is 3. The molecule has 1 aromatic carbocycles. The highest BCUT2D eigenvalue weighted by Crippen LogP contribution is 2.31. The quantitative estimate of drug-likeness (QED) is 0.813. The molecular formula is C13H15BrF3NO. The van der Waals surface area contributed by atoms with Gasteiger partial charge in [-0.15, -0.1) is 13.2 Å². The molecule has 0 aliphatic carbocycles. The monoisotopic (exact) mass is 337 g/mol. The Morgan fingerprint density at radius 1 is 1.42 bits per heavy atom. The highest BCUT2D eigenvalue weighted by atomic mass is 79.9. The van der Waals surface area contributed by atoms with Gasteiger partial charge in [-0.2, -0.15) is 0 Å². The van der Waals surface area contributed by atoms with E-state index >= 15 is 0 Å². The normalized spacial score (nSPS) is 20.8. The highest BCUT2D eigenvalue weighted by Gasteiger charge is 2.32. The second-order valence-electron chi connectivity index (χ2n) is 4.76. The first-order valence-corrected chi connectivity index (χ1v) is 6.93. The summed E-state index contributed by atoms with van der Waals surface area (Å²) in [6.45, 7) is 3.49. The van der Waals surface area contributed by atoms with Crippen LogP contribution in [0.5, 0.6) is 5.75 Å². The smallest absolute Gasteiger partial charge is 0.405 e. The van der Waals surface area contributed by atoms with Crippen molar-refractivity contribution in [3.8, 4) is 5.75 Å². The second-order valence-corrected chi connectivity index (χ2v) is 5.68. The van der Waals surface area contributed by atoms with Gasteiger partial charge in [0.15, 0.2) is 0 Å². The van der Waals surface area contributed by atoms with Gasteiger partial charge >= 0.3 is 6.36 Å². The SMILES string of the molecule is CC1CCCN1Cc1cc(Br)ccc1OC(F)(F)F. The third kappa shape index (κ3) is 4.11. The minimum atomic E-state index is -4.65. The van der Waals surface area contributed by atoms with E-state index in [1.54, 1.807) is 12.1 Å². The molecule has 19 heavy (non-hydrogen) atoms. The molecule has 0 aromatic heterocycles. The third-order valence-electron chi connectivity index (χ3n) is 3.31. The van der Waals surface area contributed by atoms with Crippen LogP contribution in [0.15, 0.2) is 22.7 Å². The first kappa shape index (κ1) is 14.7. The molecule has 0 N–H and O–H groups in total. The van der Waals surface area contributed by atoms with Gasteiger partial charge in [0, 0.05) is 22.6 Å². The number of benzene rings is 1. The van der Waals surface area contributed by atoms with Crippen LogP contribution in [-0.4, -0.2) is 23.8 Å². The zero-order chi connectivity index (χ0) is 14.0. The van der Waals surface area contributed by atoms with E-state index in [1.807, 2.05) is 0 Å². The molecule has 1 heterocycles. The maximum absolute atomic E-state index is 12.4. The topological polar surface area (TPSA) is 12.5 Å². The van der Waals surface area contributed by atoms with E-state index in [-0.39, 0.29) is 5.75 Å². The summed E-state index contributed by atoms with van der Waals surface area (Å²) in [6.07, 6.45) is -2.48. The number of ether oxygens (including phenoxy) is 1. The fourth-order valence-corrected chi connectivity index (χ4v) is 2.75. The van der Waals surface area contributed by atoms with E-state index in [4.69, 9.17) is 0 Å². The molecular weight excluding hydrogens is 323 g/mol. The molecule has 0 spiro atoms. The largest absolute Gasteiger partial charge is 0.573 e. The van der Waals surface area contributed by atoms with Gasteiger partial charge in [0.05, 0.1) is 0 Å². The minimum Gasteiger partial charge on any atom is -0.405 e. The van der Waals surface area contributed by atoms with E-state index < -0.39 is 6.36 Å². The summed E-state index contributed by atoms with van der Waals surface area (Å²) in [7, 11) is 0. The van der Waals surface area contributed by atoms with Crippen molar-refractivity contribution in [3.63, 3.8) is 0 Å². The number of hydrogen-bond acceptors (Lipinski definition) is 2. The van der Waals surface area contributed by atoms with Crippen molar-refractivity contribution >= 4 is 15.9 Å². The van der Waals surface area contributed by atoms with E-state index in [0.717, 1.165) is 23.9 Å². The Morgan fingerprint density at radius 3 is 2.74 bits per heavy atom. The lowest BCUT2D eigenvalue weighted by Gasteiger charge is -2.23. The third-order valence-corrected chi connectivity index (χ3v) is 3.81. The van der Waals surface area contributed by atoms with Crippen LogP contribution in [0.25, 0.3) is 0 Å². The zero-order valence-corrected chi connectivity index (χ0v) is 12.1. The van der Waals surface area contributed by atoms with Crippen molar-refractivity contribution in [2.75, 3.05) is 6.54 Å². The second kappa shape index (κ2) is 5.71. The van der Waals surface area contributed by atoms with Gasteiger partial charge in [-0.3, -0.25) is 4.90 Å². The van der Waals surface area contributed by atoms with Crippen LogP contribution in [-0.2, 0) is 6.54 Å². The summed E-state index contributed by atoms with van der Waals surface area (Å²) in [6, 6.07) is 5.00. The van der Waals surface area contributed by atoms with Gasteiger partial charge in [0.1, 0.15) is 5.75 Å². The maximum Gasteiger partial charge on any atom is 0.573 e. The van der Waals surface area contributed by atoms with Crippen molar-refractivity contribution in [3.05, 3.63) is 28.2 Å².